The molecule has 0 aliphatic rings. The SMILES string of the molecule is CC(C)NCCNC(=O)c1cc(F)ccc1O. The van der Waals surface area contributed by atoms with Crippen LogP contribution in [0.2, 0.25) is 0 Å². The maximum Gasteiger partial charge on any atom is 0.255 e. The van der Waals surface area contributed by atoms with Gasteiger partial charge < -0.3 is 15.7 Å². The maximum atomic E-state index is 12.9. The molecule has 0 fully saturated rings. The molecule has 0 bridgehead atoms. The summed E-state index contributed by atoms with van der Waals surface area (Å²) in [5.41, 5.74) is -0.0467. The van der Waals surface area contributed by atoms with Gasteiger partial charge >= 0.3 is 0 Å². The number of hydrogen-bond donors (Lipinski definition) is 3. The van der Waals surface area contributed by atoms with Crippen molar-refractivity contribution in [1.82, 2.24) is 10.6 Å². The third-order valence-corrected chi connectivity index (χ3v) is 2.17. The molecule has 5 heteroatoms. The van der Waals surface area contributed by atoms with E-state index in [1.807, 2.05) is 13.8 Å². The van der Waals surface area contributed by atoms with Crippen molar-refractivity contribution in [1.29, 1.82) is 0 Å². The molecule has 4 nitrogen and oxygen atoms in total. The lowest BCUT2D eigenvalue weighted by molar-refractivity contribution is 0.0950. The monoisotopic (exact) mass is 240 g/mol. The smallest absolute Gasteiger partial charge is 0.255 e. The Kier molecular flexibility index (Phi) is 4.90. The number of aromatic hydroxyl groups is 1. The van der Waals surface area contributed by atoms with E-state index >= 15 is 0 Å². The van der Waals surface area contributed by atoms with Crippen LogP contribution in [0, 0.1) is 5.82 Å². The number of hydrogen-bond acceptors (Lipinski definition) is 3. The Morgan fingerprint density at radius 3 is 2.76 bits per heavy atom. The predicted octanol–water partition coefficient (Wildman–Crippen LogP) is 1.26. The van der Waals surface area contributed by atoms with Gasteiger partial charge in [-0.2, -0.15) is 0 Å². The van der Waals surface area contributed by atoms with Crippen molar-refractivity contribution in [2.45, 2.75) is 19.9 Å². The average molecular weight is 240 g/mol. The van der Waals surface area contributed by atoms with Crippen LogP contribution in [0.1, 0.15) is 24.2 Å². The second-order valence-electron chi connectivity index (χ2n) is 4.03. The van der Waals surface area contributed by atoms with E-state index < -0.39 is 11.7 Å². The largest absolute Gasteiger partial charge is 0.507 e. The van der Waals surface area contributed by atoms with E-state index in [1.165, 1.54) is 0 Å². The molecule has 1 aromatic carbocycles. The van der Waals surface area contributed by atoms with Gasteiger partial charge in [-0.25, -0.2) is 4.39 Å². The van der Waals surface area contributed by atoms with Gasteiger partial charge in [0, 0.05) is 19.1 Å². The van der Waals surface area contributed by atoms with Crippen molar-refractivity contribution in [3.8, 4) is 5.75 Å². The number of benzene rings is 1. The number of carbonyl (C=O) groups excluding carboxylic acids is 1. The first-order chi connectivity index (χ1) is 8.00. The fourth-order valence-electron chi connectivity index (χ4n) is 1.32. The Bertz CT molecular complexity index is 394. The first-order valence-electron chi connectivity index (χ1n) is 5.51. The quantitative estimate of drug-likeness (QED) is 0.679. The van der Waals surface area contributed by atoms with Gasteiger partial charge in [0.25, 0.3) is 5.91 Å². The van der Waals surface area contributed by atoms with Crippen LogP contribution < -0.4 is 10.6 Å². The van der Waals surface area contributed by atoms with Crippen LogP contribution in [0.3, 0.4) is 0 Å². The summed E-state index contributed by atoms with van der Waals surface area (Å²) in [5.74, 6) is -1.25. The second kappa shape index (κ2) is 6.20. The number of carbonyl (C=O) groups is 1. The van der Waals surface area contributed by atoms with Crippen LogP contribution in [-0.4, -0.2) is 30.1 Å². The molecule has 0 heterocycles. The maximum absolute atomic E-state index is 12.9. The lowest BCUT2D eigenvalue weighted by Gasteiger charge is -2.09. The van der Waals surface area contributed by atoms with Crippen LogP contribution in [0.15, 0.2) is 18.2 Å². The number of phenolic OH excluding ortho intramolecular Hbond substituents is 1. The molecule has 94 valence electrons. The van der Waals surface area contributed by atoms with Crippen LogP contribution in [0.5, 0.6) is 5.75 Å². The highest BCUT2D eigenvalue weighted by Crippen LogP contribution is 2.17. The van der Waals surface area contributed by atoms with Crippen molar-refractivity contribution in [2.75, 3.05) is 13.1 Å². The molecular weight excluding hydrogens is 223 g/mol. The third kappa shape index (κ3) is 4.40. The van der Waals surface area contributed by atoms with E-state index in [0.29, 0.717) is 19.1 Å². The molecule has 0 aliphatic heterocycles. The van der Waals surface area contributed by atoms with Crippen molar-refractivity contribution < 1.29 is 14.3 Å². The van der Waals surface area contributed by atoms with Gasteiger partial charge in [0.1, 0.15) is 11.6 Å². The summed E-state index contributed by atoms with van der Waals surface area (Å²) >= 11 is 0. The molecule has 1 aromatic rings. The first kappa shape index (κ1) is 13.4. The van der Waals surface area contributed by atoms with Gasteiger partial charge in [0.15, 0.2) is 0 Å². The molecule has 1 amide bonds. The molecular formula is C12H17FN2O2. The summed E-state index contributed by atoms with van der Waals surface area (Å²) in [4.78, 5) is 11.6. The van der Waals surface area contributed by atoms with Gasteiger partial charge in [-0.05, 0) is 18.2 Å². The zero-order valence-electron chi connectivity index (χ0n) is 9.96. The summed E-state index contributed by atoms with van der Waals surface area (Å²) in [6.07, 6.45) is 0. The number of phenols is 1. The molecule has 0 aromatic heterocycles. The van der Waals surface area contributed by atoms with E-state index in [0.717, 1.165) is 18.2 Å². The Morgan fingerprint density at radius 2 is 2.12 bits per heavy atom. The zero-order valence-corrected chi connectivity index (χ0v) is 9.96. The standard InChI is InChI=1S/C12H17FN2O2/c1-8(2)14-5-6-15-12(17)10-7-9(13)3-4-11(10)16/h3-4,7-8,14,16H,5-6H2,1-2H3,(H,15,17). The number of amides is 1. The minimum Gasteiger partial charge on any atom is -0.507 e. The molecule has 0 saturated heterocycles. The van der Waals surface area contributed by atoms with Gasteiger partial charge in [-0.15, -0.1) is 0 Å². The summed E-state index contributed by atoms with van der Waals surface area (Å²) in [7, 11) is 0. The van der Waals surface area contributed by atoms with Crippen LogP contribution in [0.4, 0.5) is 4.39 Å². The molecule has 0 aliphatic carbocycles. The highest BCUT2D eigenvalue weighted by molar-refractivity contribution is 5.96. The van der Waals surface area contributed by atoms with Crippen molar-refractivity contribution in [3.05, 3.63) is 29.6 Å². The summed E-state index contributed by atoms with van der Waals surface area (Å²) < 4.78 is 12.9. The van der Waals surface area contributed by atoms with Gasteiger partial charge in [0.05, 0.1) is 5.56 Å². The summed E-state index contributed by atoms with van der Waals surface area (Å²) in [6.45, 7) is 5.05. The van der Waals surface area contributed by atoms with Gasteiger partial charge in [0.2, 0.25) is 0 Å². The predicted molar refractivity (Wildman–Crippen MR) is 63.5 cm³/mol. The number of halogens is 1. The van der Waals surface area contributed by atoms with E-state index in [1.54, 1.807) is 0 Å². The number of rotatable bonds is 5. The molecule has 0 atom stereocenters. The summed E-state index contributed by atoms with van der Waals surface area (Å²) in [6, 6.07) is 3.62. The van der Waals surface area contributed by atoms with E-state index in [9.17, 15) is 14.3 Å². The van der Waals surface area contributed by atoms with Crippen molar-refractivity contribution >= 4 is 5.91 Å². The third-order valence-electron chi connectivity index (χ3n) is 2.17. The van der Waals surface area contributed by atoms with Crippen molar-refractivity contribution in [2.24, 2.45) is 0 Å². The molecule has 0 radical (unpaired) electrons. The molecule has 3 N–H and O–H groups in total. The van der Waals surface area contributed by atoms with Crippen LogP contribution in [0.25, 0.3) is 0 Å². The molecule has 0 unspecified atom stereocenters. The minimum atomic E-state index is -0.548. The second-order valence-corrected chi connectivity index (χ2v) is 4.03. The van der Waals surface area contributed by atoms with E-state index in [2.05, 4.69) is 10.6 Å². The van der Waals surface area contributed by atoms with E-state index in [4.69, 9.17) is 0 Å². The first-order valence-corrected chi connectivity index (χ1v) is 5.51. The highest BCUT2D eigenvalue weighted by Gasteiger charge is 2.11. The Labute approximate surface area is 99.8 Å². The molecule has 0 spiro atoms. The lowest BCUT2D eigenvalue weighted by Crippen LogP contribution is -2.34. The zero-order chi connectivity index (χ0) is 12.8. The molecule has 1 rings (SSSR count). The normalized spacial score (nSPS) is 10.6. The van der Waals surface area contributed by atoms with Crippen LogP contribution in [-0.2, 0) is 0 Å². The Morgan fingerprint density at radius 1 is 1.41 bits per heavy atom. The van der Waals surface area contributed by atoms with Gasteiger partial charge in [-0.1, -0.05) is 13.8 Å². The van der Waals surface area contributed by atoms with E-state index in [-0.39, 0.29) is 11.3 Å². The Hall–Kier alpha value is -1.62. The minimum absolute atomic E-state index is 0.0467. The van der Waals surface area contributed by atoms with Crippen molar-refractivity contribution in [3.63, 3.8) is 0 Å². The van der Waals surface area contributed by atoms with Crippen LogP contribution >= 0.6 is 0 Å². The molecule has 17 heavy (non-hydrogen) atoms. The Balaban J connectivity index is 2.49. The molecule has 0 saturated carbocycles. The fourth-order valence-corrected chi connectivity index (χ4v) is 1.32. The lowest BCUT2D eigenvalue weighted by atomic mass is 10.2. The number of nitrogens with one attached hydrogen (secondary N) is 2. The summed E-state index contributed by atoms with van der Waals surface area (Å²) in [5, 5.41) is 15.1. The average Bonchev–Trinajstić information content (AvgIpc) is 2.27. The topological polar surface area (TPSA) is 61.4 Å². The highest BCUT2D eigenvalue weighted by atomic mass is 19.1. The fraction of sp³-hybridized carbons (Fsp3) is 0.417. The van der Waals surface area contributed by atoms with Gasteiger partial charge in [-0.3, -0.25) is 4.79 Å².